The highest BCUT2D eigenvalue weighted by atomic mass is 35.5. The van der Waals surface area contributed by atoms with E-state index in [9.17, 15) is 0 Å². The molecule has 1 atom stereocenters. The number of hydrogen-bond acceptors (Lipinski definition) is 5. The molecule has 2 aromatic heterocycles. The van der Waals surface area contributed by atoms with Crippen LogP contribution < -0.4 is 0 Å². The topological polar surface area (TPSA) is 55.1 Å². The second-order valence-corrected chi connectivity index (χ2v) is 5.77. The molecule has 1 unspecified atom stereocenters. The average Bonchev–Trinajstić information content (AvgIpc) is 3.03. The van der Waals surface area contributed by atoms with E-state index in [0.29, 0.717) is 23.3 Å². The smallest absolute Gasteiger partial charge is 0.249 e. The molecule has 5 nitrogen and oxygen atoms in total. The van der Waals surface area contributed by atoms with Crippen molar-refractivity contribution in [3.63, 3.8) is 0 Å². The minimum atomic E-state index is 0.194. The minimum Gasteiger partial charge on any atom is -0.419 e. The average molecular weight is 329 g/mol. The van der Waals surface area contributed by atoms with Gasteiger partial charge in [0.1, 0.15) is 0 Å². The van der Waals surface area contributed by atoms with E-state index in [1.807, 2.05) is 37.5 Å². The van der Waals surface area contributed by atoms with Gasteiger partial charge in [-0.3, -0.25) is 9.88 Å². The number of aromatic nitrogens is 3. The quantitative estimate of drug-likeness (QED) is 0.709. The second kappa shape index (κ2) is 6.89. The lowest BCUT2D eigenvalue weighted by Gasteiger charge is -2.22. The summed E-state index contributed by atoms with van der Waals surface area (Å²) in [7, 11) is 2.01. The van der Waals surface area contributed by atoms with Crippen molar-refractivity contribution in [2.45, 2.75) is 19.5 Å². The molecule has 0 N–H and O–H groups in total. The maximum Gasteiger partial charge on any atom is 0.249 e. The van der Waals surface area contributed by atoms with Gasteiger partial charge in [0.15, 0.2) is 0 Å². The van der Waals surface area contributed by atoms with Crippen LogP contribution >= 0.6 is 11.6 Å². The highest BCUT2D eigenvalue weighted by Crippen LogP contribution is 2.27. The fourth-order valence-corrected chi connectivity index (χ4v) is 2.51. The zero-order valence-electron chi connectivity index (χ0n) is 13.0. The SMILES string of the molecule is CC(c1cccnc1)N(C)Cc1nnc(-c2ccccc2Cl)o1. The van der Waals surface area contributed by atoms with Crippen LogP contribution in [0.1, 0.15) is 24.4 Å². The van der Waals surface area contributed by atoms with Crippen LogP contribution in [0.3, 0.4) is 0 Å². The molecule has 0 spiro atoms. The van der Waals surface area contributed by atoms with Crippen LogP contribution in [0.15, 0.2) is 53.2 Å². The van der Waals surface area contributed by atoms with Crippen LogP contribution in [0, 0.1) is 0 Å². The first-order valence-corrected chi connectivity index (χ1v) is 7.70. The number of benzene rings is 1. The van der Waals surface area contributed by atoms with Gasteiger partial charge in [0.25, 0.3) is 0 Å². The van der Waals surface area contributed by atoms with Crippen LogP contribution in [0.4, 0.5) is 0 Å². The fraction of sp³-hybridized carbons (Fsp3) is 0.235. The van der Waals surface area contributed by atoms with Crippen molar-refractivity contribution in [1.29, 1.82) is 0 Å². The molecule has 0 fully saturated rings. The van der Waals surface area contributed by atoms with Gasteiger partial charge in [-0.05, 0) is 37.7 Å². The lowest BCUT2D eigenvalue weighted by Crippen LogP contribution is -2.22. The summed E-state index contributed by atoms with van der Waals surface area (Å²) in [6, 6.07) is 11.6. The lowest BCUT2D eigenvalue weighted by atomic mass is 10.1. The van der Waals surface area contributed by atoms with E-state index in [1.54, 1.807) is 12.3 Å². The van der Waals surface area contributed by atoms with E-state index in [-0.39, 0.29) is 6.04 Å². The molecule has 118 valence electrons. The van der Waals surface area contributed by atoms with E-state index >= 15 is 0 Å². The molecule has 0 aliphatic rings. The Hall–Kier alpha value is -2.24. The monoisotopic (exact) mass is 328 g/mol. The molecule has 0 aliphatic heterocycles. The van der Waals surface area contributed by atoms with Crippen molar-refractivity contribution < 1.29 is 4.42 Å². The van der Waals surface area contributed by atoms with Gasteiger partial charge < -0.3 is 4.42 Å². The Labute approximate surface area is 139 Å². The summed E-state index contributed by atoms with van der Waals surface area (Å²) in [5, 5.41) is 8.81. The maximum absolute atomic E-state index is 6.16. The van der Waals surface area contributed by atoms with Crippen molar-refractivity contribution in [2.75, 3.05) is 7.05 Å². The second-order valence-electron chi connectivity index (χ2n) is 5.36. The van der Waals surface area contributed by atoms with Gasteiger partial charge in [0.2, 0.25) is 11.8 Å². The molecule has 0 saturated heterocycles. The molecule has 6 heteroatoms. The molecular weight excluding hydrogens is 312 g/mol. The number of halogens is 1. The highest BCUT2D eigenvalue weighted by molar-refractivity contribution is 6.33. The summed E-state index contributed by atoms with van der Waals surface area (Å²) in [6.45, 7) is 2.66. The molecule has 3 rings (SSSR count). The molecular formula is C17H17ClN4O. The van der Waals surface area contributed by atoms with Gasteiger partial charge in [-0.15, -0.1) is 10.2 Å². The summed E-state index contributed by atoms with van der Waals surface area (Å²) in [6.07, 6.45) is 3.63. The summed E-state index contributed by atoms with van der Waals surface area (Å²) in [5.74, 6) is 0.992. The number of nitrogens with zero attached hydrogens (tertiary/aromatic N) is 4. The highest BCUT2D eigenvalue weighted by Gasteiger charge is 2.16. The summed E-state index contributed by atoms with van der Waals surface area (Å²) in [5.41, 5.74) is 1.89. The Morgan fingerprint density at radius 2 is 2.00 bits per heavy atom. The molecule has 3 aromatic rings. The maximum atomic E-state index is 6.16. The number of hydrogen-bond donors (Lipinski definition) is 0. The summed E-state index contributed by atoms with van der Waals surface area (Å²) in [4.78, 5) is 6.28. The summed E-state index contributed by atoms with van der Waals surface area (Å²) >= 11 is 6.16. The Bertz CT molecular complexity index is 775. The molecule has 23 heavy (non-hydrogen) atoms. The van der Waals surface area contributed by atoms with Gasteiger partial charge >= 0.3 is 0 Å². The Morgan fingerprint density at radius 3 is 2.74 bits per heavy atom. The van der Waals surface area contributed by atoms with Crippen LogP contribution in [-0.2, 0) is 6.54 Å². The first-order valence-electron chi connectivity index (χ1n) is 7.32. The lowest BCUT2D eigenvalue weighted by molar-refractivity contribution is 0.228. The molecule has 0 bridgehead atoms. The fourth-order valence-electron chi connectivity index (χ4n) is 2.29. The van der Waals surface area contributed by atoms with Crippen molar-refractivity contribution in [3.05, 3.63) is 65.3 Å². The predicted octanol–water partition coefficient (Wildman–Crippen LogP) is 3.98. The Balaban J connectivity index is 1.73. The molecule has 0 aliphatic carbocycles. The summed E-state index contributed by atoms with van der Waals surface area (Å²) < 4.78 is 5.74. The van der Waals surface area contributed by atoms with Crippen LogP contribution in [-0.4, -0.2) is 27.1 Å². The zero-order valence-corrected chi connectivity index (χ0v) is 13.7. The van der Waals surface area contributed by atoms with Crippen LogP contribution in [0.2, 0.25) is 5.02 Å². The minimum absolute atomic E-state index is 0.194. The van der Waals surface area contributed by atoms with E-state index in [0.717, 1.165) is 11.1 Å². The first-order chi connectivity index (χ1) is 11.1. The Morgan fingerprint density at radius 1 is 1.17 bits per heavy atom. The third-order valence-corrected chi connectivity index (χ3v) is 4.11. The molecule has 1 aromatic carbocycles. The van der Waals surface area contributed by atoms with E-state index < -0.39 is 0 Å². The predicted molar refractivity (Wildman–Crippen MR) is 88.9 cm³/mol. The van der Waals surface area contributed by atoms with E-state index in [4.69, 9.17) is 16.0 Å². The van der Waals surface area contributed by atoms with Gasteiger partial charge in [0, 0.05) is 18.4 Å². The van der Waals surface area contributed by atoms with Crippen molar-refractivity contribution >= 4 is 11.6 Å². The third-order valence-electron chi connectivity index (χ3n) is 3.78. The first kappa shape index (κ1) is 15.6. The normalized spacial score (nSPS) is 12.5. The standard InChI is InChI=1S/C17H17ClN4O/c1-12(13-6-5-9-19-10-13)22(2)11-16-20-21-17(23-16)14-7-3-4-8-15(14)18/h3-10,12H,11H2,1-2H3. The van der Waals surface area contributed by atoms with Gasteiger partial charge in [0.05, 0.1) is 17.1 Å². The van der Waals surface area contributed by atoms with Crippen LogP contribution in [0.5, 0.6) is 0 Å². The zero-order chi connectivity index (χ0) is 16.2. The van der Waals surface area contributed by atoms with Crippen molar-refractivity contribution in [1.82, 2.24) is 20.1 Å². The van der Waals surface area contributed by atoms with Crippen molar-refractivity contribution in [2.24, 2.45) is 0 Å². The molecule has 0 saturated carbocycles. The molecule has 0 amide bonds. The largest absolute Gasteiger partial charge is 0.419 e. The Kier molecular flexibility index (Phi) is 4.69. The van der Waals surface area contributed by atoms with E-state index in [2.05, 4.69) is 33.1 Å². The molecule has 2 heterocycles. The number of rotatable bonds is 5. The van der Waals surface area contributed by atoms with Crippen molar-refractivity contribution in [3.8, 4) is 11.5 Å². The van der Waals surface area contributed by atoms with E-state index in [1.165, 1.54) is 0 Å². The van der Waals surface area contributed by atoms with Gasteiger partial charge in [-0.25, -0.2) is 0 Å². The van der Waals surface area contributed by atoms with Gasteiger partial charge in [-0.2, -0.15) is 0 Å². The van der Waals surface area contributed by atoms with Gasteiger partial charge in [-0.1, -0.05) is 29.8 Å². The molecule has 0 radical (unpaired) electrons. The number of pyridine rings is 1. The third kappa shape index (κ3) is 3.57. The van der Waals surface area contributed by atoms with Crippen LogP contribution in [0.25, 0.3) is 11.5 Å².